The zero-order chi connectivity index (χ0) is 13.3. The topological polar surface area (TPSA) is 38.3 Å². The van der Waals surface area contributed by atoms with Gasteiger partial charge in [0.15, 0.2) is 0 Å². The van der Waals surface area contributed by atoms with Crippen LogP contribution in [0.3, 0.4) is 0 Å². The number of rotatable bonds is 2. The van der Waals surface area contributed by atoms with E-state index >= 15 is 0 Å². The number of benzene rings is 1. The number of fused-ring (bicyclic) bond motifs is 1. The highest BCUT2D eigenvalue weighted by molar-refractivity contribution is 5.78. The van der Waals surface area contributed by atoms with E-state index in [1.807, 2.05) is 38.1 Å². The van der Waals surface area contributed by atoms with Crippen molar-refractivity contribution in [1.29, 1.82) is 0 Å². The summed E-state index contributed by atoms with van der Waals surface area (Å²) in [6, 6.07) is 7.97. The fourth-order valence-corrected chi connectivity index (χ4v) is 2.27. The Hall–Kier alpha value is -1.51. The van der Waals surface area contributed by atoms with Crippen molar-refractivity contribution in [3.8, 4) is 5.75 Å². The Kier molecular flexibility index (Phi) is 3.33. The van der Waals surface area contributed by atoms with Gasteiger partial charge in [0.2, 0.25) is 5.91 Å². The average molecular weight is 247 g/mol. The van der Waals surface area contributed by atoms with Crippen LogP contribution < -0.4 is 10.1 Å². The van der Waals surface area contributed by atoms with Gasteiger partial charge in [0, 0.05) is 17.9 Å². The first-order valence-corrected chi connectivity index (χ1v) is 6.47. The lowest BCUT2D eigenvalue weighted by atomic mass is 9.89. The largest absolute Gasteiger partial charge is 0.487 e. The number of hydrogen-bond acceptors (Lipinski definition) is 2. The second-order valence-electron chi connectivity index (χ2n) is 5.82. The van der Waals surface area contributed by atoms with Gasteiger partial charge in [0.1, 0.15) is 11.4 Å². The first kappa shape index (κ1) is 12.9. The lowest BCUT2D eigenvalue weighted by molar-refractivity contribution is -0.125. The van der Waals surface area contributed by atoms with Gasteiger partial charge in [-0.2, -0.15) is 0 Å². The molecular formula is C15H21NO2. The van der Waals surface area contributed by atoms with Crippen molar-refractivity contribution in [2.75, 3.05) is 0 Å². The Morgan fingerprint density at radius 1 is 1.39 bits per heavy atom. The van der Waals surface area contributed by atoms with Crippen LogP contribution in [0.5, 0.6) is 5.75 Å². The monoisotopic (exact) mass is 247 g/mol. The van der Waals surface area contributed by atoms with E-state index in [4.69, 9.17) is 4.74 Å². The van der Waals surface area contributed by atoms with Gasteiger partial charge in [-0.15, -0.1) is 0 Å². The van der Waals surface area contributed by atoms with Crippen LogP contribution >= 0.6 is 0 Å². The molecule has 0 saturated carbocycles. The lowest BCUT2D eigenvalue weighted by Crippen LogP contribution is -2.42. The number of para-hydroxylation sites is 1. The number of amides is 1. The SMILES string of the molecule is CC(C)C(=O)N[C@@H]1CC(C)(C)Oc2ccccc21. The van der Waals surface area contributed by atoms with Crippen LogP contribution in [0.1, 0.15) is 45.7 Å². The molecule has 1 aromatic carbocycles. The maximum Gasteiger partial charge on any atom is 0.223 e. The predicted octanol–water partition coefficient (Wildman–Crippen LogP) is 3.06. The molecule has 18 heavy (non-hydrogen) atoms. The van der Waals surface area contributed by atoms with Gasteiger partial charge in [0.05, 0.1) is 6.04 Å². The van der Waals surface area contributed by atoms with E-state index in [2.05, 4.69) is 19.2 Å². The maximum atomic E-state index is 11.9. The van der Waals surface area contributed by atoms with E-state index in [1.54, 1.807) is 0 Å². The molecule has 3 heteroatoms. The summed E-state index contributed by atoms with van der Waals surface area (Å²) in [5, 5.41) is 3.11. The van der Waals surface area contributed by atoms with Gasteiger partial charge in [-0.1, -0.05) is 32.0 Å². The molecule has 0 aliphatic carbocycles. The van der Waals surface area contributed by atoms with Crippen LogP contribution in [0.4, 0.5) is 0 Å². The molecule has 0 aromatic heterocycles. The van der Waals surface area contributed by atoms with Gasteiger partial charge < -0.3 is 10.1 Å². The number of carbonyl (C=O) groups is 1. The Morgan fingerprint density at radius 3 is 2.72 bits per heavy atom. The molecule has 1 aromatic rings. The molecule has 1 amide bonds. The summed E-state index contributed by atoms with van der Waals surface area (Å²) in [6.45, 7) is 7.92. The Morgan fingerprint density at radius 2 is 2.06 bits per heavy atom. The van der Waals surface area contributed by atoms with Crippen molar-refractivity contribution in [1.82, 2.24) is 5.32 Å². The summed E-state index contributed by atoms with van der Waals surface area (Å²) in [5.74, 6) is 0.971. The van der Waals surface area contributed by atoms with E-state index in [1.165, 1.54) is 0 Å². The second-order valence-corrected chi connectivity index (χ2v) is 5.82. The second kappa shape index (κ2) is 4.63. The zero-order valence-corrected chi connectivity index (χ0v) is 11.5. The fourth-order valence-electron chi connectivity index (χ4n) is 2.27. The number of nitrogens with one attached hydrogen (secondary N) is 1. The molecule has 1 N–H and O–H groups in total. The third-order valence-electron chi connectivity index (χ3n) is 3.22. The summed E-state index contributed by atoms with van der Waals surface area (Å²) < 4.78 is 5.94. The first-order valence-electron chi connectivity index (χ1n) is 6.47. The van der Waals surface area contributed by atoms with Crippen LogP contribution in [0, 0.1) is 5.92 Å². The third-order valence-corrected chi connectivity index (χ3v) is 3.22. The zero-order valence-electron chi connectivity index (χ0n) is 11.5. The van der Waals surface area contributed by atoms with Gasteiger partial charge >= 0.3 is 0 Å². The van der Waals surface area contributed by atoms with Crippen molar-refractivity contribution in [3.63, 3.8) is 0 Å². The van der Waals surface area contributed by atoms with Gasteiger partial charge in [0.25, 0.3) is 0 Å². The van der Waals surface area contributed by atoms with Crippen LogP contribution in [-0.2, 0) is 4.79 Å². The van der Waals surface area contributed by atoms with E-state index in [0.29, 0.717) is 0 Å². The molecule has 1 aliphatic rings. The normalized spacial score (nSPS) is 21.1. The van der Waals surface area contributed by atoms with Gasteiger partial charge in [-0.3, -0.25) is 4.79 Å². The van der Waals surface area contributed by atoms with Crippen LogP contribution in [-0.4, -0.2) is 11.5 Å². The standard InChI is InChI=1S/C15H21NO2/c1-10(2)14(17)16-12-9-15(3,4)18-13-8-6-5-7-11(12)13/h5-8,10,12H,9H2,1-4H3,(H,16,17)/t12-/m1/s1. The van der Waals surface area contributed by atoms with E-state index in [0.717, 1.165) is 17.7 Å². The highest BCUT2D eigenvalue weighted by Crippen LogP contribution is 2.39. The number of hydrogen-bond donors (Lipinski definition) is 1. The highest BCUT2D eigenvalue weighted by atomic mass is 16.5. The summed E-state index contributed by atoms with van der Waals surface area (Å²) >= 11 is 0. The lowest BCUT2D eigenvalue weighted by Gasteiger charge is -2.38. The highest BCUT2D eigenvalue weighted by Gasteiger charge is 2.34. The van der Waals surface area contributed by atoms with Crippen molar-refractivity contribution in [3.05, 3.63) is 29.8 Å². The quantitative estimate of drug-likeness (QED) is 0.872. The molecule has 0 unspecified atom stereocenters. The number of ether oxygens (including phenoxy) is 1. The molecule has 0 bridgehead atoms. The van der Waals surface area contributed by atoms with Crippen LogP contribution in [0.2, 0.25) is 0 Å². The first-order chi connectivity index (χ1) is 8.39. The summed E-state index contributed by atoms with van der Waals surface area (Å²) in [5.41, 5.74) is 0.828. The van der Waals surface area contributed by atoms with E-state index in [-0.39, 0.29) is 23.5 Å². The molecule has 1 heterocycles. The van der Waals surface area contributed by atoms with Crippen molar-refractivity contribution in [2.45, 2.75) is 45.8 Å². The summed E-state index contributed by atoms with van der Waals surface area (Å²) in [4.78, 5) is 11.9. The average Bonchev–Trinajstić information content (AvgIpc) is 2.27. The molecule has 3 nitrogen and oxygen atoms in total. The van der Waals surface area contributed by atoms with Gasteiger partial charge in [-0.05, 0) is 19.9 Å². The molecule has 2 rings (SSSR count). The van der Waals surface area contributed by atoms with Crippen LogP contribution in [0.15, 0.2) is 24.3 Å². The minimum absolute atomic E-state index is 0.00289. The smallest absolute Gasteiger partial charge is 0.223 e. The summed E-state index contributed by atoms with van der Waals surface area (Å²) in [6.07, 6.45) is 0.794. The predicted molar refractivity (Wildman–Crippen MR) is 71.5 cm³/mol. The molecule has 0 radical (unpaired) electrons. The molecule has 98 valence electrons. The van der Waals surface area contributed by atoms with Crippen LogP contribution in [0.25, 0.3) is 0 Å². The van der Waals surface area contributed by atoms with E-state index < -0.39 is 0 Å². The molecule has 1 atom stereocenters. The van der Waals surface area contributed by atoms with Crippen molar-refractivity contribution in [2.24, 2.45) is 5.92 Å². The Balaban J connectivity index is 2.27. The molecule has 1 aliphatic heterocycles. The Labute approximate surface area is 109 Å². The molecule has 0 spiro atoms. The Bertz CT molecular complexity index is 452. The minimum atomic E-state index is -0.247. The van der Waals surface area contributed by atoms with Crippen molar-refractivity contribution >= 4 is 5.91 Å². The minimum Gasteiger partial charge on any atom is -0.487 e. The molecule has 0 fully saturated rings. The van der Waals surface area contributed by atoms with E-state index in [9.17, 15) is 4.79 Å². The number of carbonyl (C=O) groups excluding carboxylic acids is 1. The fraction of sp³-hybridized carbons (Fsp3) is 0.533. The van der Waals surface area contributed by atoms with Gasteiger partial charge in [-0.25, -0.2) is 0 Å². The maximum absolute atomic E-state index is 11.9. The molecular weight excluding hydrogens is 226 g/mol. The van der Waals surface area contributed by atoms with Crippen molar-refractivity contribution < 1.29 is 9.53 Å². The molecule has 0 saturated heterocycles. The third kappa shape index (κ3) is 2.66. The summed E-state index contributed by atoms with van der Waals surface area (Å²) in [7, 11) is 0.